The summed E-state index contributed by atoms with van der Waals surface area (Å²) in [5.41, 5.74) is 7.42. The topological polar surface area (TPSA) is 70.2 Å². The highest BCUT2D eigenvalue weighted by molar-refractivity contribution is 6.01. The summed E-state index contributed by atoms with van der Waals surface area (Å²) in [7, 11) is 0. The third kappa shape index (κ3) is 2.97. The summed E-state index contributed by atoms with van der Waals surface area (Å²) in [5.74, 6) is -0.249. The number of nitrogens with zero attached hydrogens (tertiary/aromatic N) is 3. The van der Waals surface area contributed by atoms with Crippen LogP contribution in [0.4, 0.5) is 4.39 Å². The van der Waals surface area contributed by atoms with Crippen LogP contribution in [0.3, 0.4) is 0 Å². The van der Waals surface area contributed by atoms with E-state index < -0.39 is 0 Å². The summed E-state index contributed by atoms with van der Waals surface area (Å²) in [6, 6.07) is 20.8. The Balaban J connectivity index is 1.52. The Morgan fingerprint density at radius 2 is 1.58 bits per heavy atom. The number of aromatic nitrogens is 5. The van der Waals surface area contributed by atoms with Crippen molar-refractivity contribution in [1.82, 2.24) is 25.1 Å². The van der Waals surface area contributed by atoms with Gasteiger partial charge < -0.3 is 4.98 Å². The zero-order valence-corrected chi connectivity index (χ0v) is 16.3. The van der Waals surface area contributed by atoms with Crippen LogP contribution in [0.5, 0.6) is 0 Å². The molecule has 0 aliphatic heterocycles. The first kappa shape index (κ1) is 17.5. The molecule has 5 nitrogen and oxygen atoms in total. The maximum Gasteiger partial charge on any atom is 0.123 e. The van der Waals surface area contributed by atoms with Crippen LogP contribution in [0, 0.1) is 5.82 Å². The molecule has 6 heteroatoms. The van der Waals surface area contributed by atoms with Gasteiger partial charge in [-0.1, -0.05) is 30.3 Å². The quantitative estimate of drug-likeness (QED) is 0.381. The van der Waals surface area contributed by atoms with Crippen LogP contribution in [0.2, 0.25) is 0 Å². The van der Waals surface area contributed by atoms with E-state index in [1.54, 1.807) is 24.5 Å². The lowest BCUT2D eigenvalue weighted by atomic mass is 10.0. The largest absolute Gasteiger partial charge is 0.353 e. The molecule has 6 rings (SSSR count). The number of hydrogen-bond acceptors (Lipinski definition) is 3. The lowest BCUT2D eigenvalue weighted by molar-refractivity contribution is 0.628. The second-order valence-electron chi connectivity index (χ2n) is 7.42. The average Bonchev–Trinajstić information content (AvgIpc) is 3.43. The standard InChI is InChI=1S/C25H16FN5/c26-18-4-1-3-16(9-18)19-5-2-6-22-20(19)11-24(29-22)25-21-10-15(7-8-23(21)30-31-25)17-12-27-14-28-13-17/h1-14,29H,(H,30,31). The van der Waals surface area contributed by atoms with Gasteiger partial charge in [0, 0.05) is 34.2 Å². The molecule has 0 saturated carbocycles. The van der Waals surface area contributed by atoms with Crippen LogP contribution >= 0.6 is 0 Å². The van der Waals surface area contributed by atoms with E-state index in [1.807, 2.05) is 36.4 Å². The molecule has 0 aliphatic carbocycles. The van der Waals surface area contributed by atoms with E-state index in [-0.39, 0.29) is 5.82 Å². The summed E-state index contributed by atoms with van der Waals surface area (Å²) < 4.78 is 13.8. The van der Waals surface area contributed by atoms with Gasteiger partial charge in [0.1, 0.15) is 17.8 Å². The molecule has 0 atom stereocenters. The van der Waals surface area contributed by atoms with Gasteiger partial charge in [-0.15, -0.1) is 0 Å². The lowest BCUT2D eigenvalue weighted by Crippen LogP contribution is -1.83. The number of halogens is 1. The number of nitrogens with one attached hydrogen (secondary N) is 2. The van der Waals surface area contributed by atoms with Gasteiger partial charge in [-0.2, -0.15) is 5.10 Å². The van der Waals surface area contributed by atoms with Crippen molar-refractivity contribution in [3.63, 3.8) is 0 Å². The van der Waals surface area contributed by atoms with Gasteiger partial charge >= 0.3 is 0 Å². The zero-order chi connectivity index (χ0) is 20.8. The highest BCUT2D eigenvalue weighted by Gasteiger charge is 2.14. The Bertz CT molecular complexity index is 1550. The van der Waals surface area contributed by atoms with Gasteiger partial charge in [-0.05, 0) is 53.1 Å². The van der Waals surface area contributed by atoms with Crippen LogP contribution in [0.15, 0.2) is 85.5 Å². The van der Waals surface area contributed by atoms with Crippen molar-refractivity contribution in [3.05, 3.63) is 91.3 Å². The van der Waals surface area contributed by atoms with Gasteiger partial charge in [0.25, 0.3) is 0 Å². The first-order chi connectivity index (χ1) is 15.3. The number of hydrogen-bond donors (Lipinski definition) is 2. The fraction of sp³-hybridized carbons (Fsp3) is 0. The summed E-state index contributed by atoms with van der Waals surface area (Å²) >= 11 is 0. The van der Waals surface area contributed by atoms with Gasteiger partial charge in [-0.3, -0.25) is 5.10 Å². The minimum absolute atomic E-state index is 0.249. The van der Waals surface area contributed by atoms with Gasteiger partial charge in [-0.25, -0.2) is 14.4 Å². The van der Waals surface area contributed by atoms with E-state index in [4.69, 9.17) is 0 Å². The normalized spacial score (nSPS) is 11.4. The van der Waals surface area contributed by atoms with Crippen molar-refractivity contribution in [2.24, 2.45) is 0 Å². The van der Waals surface area contributed by atoms with Crippen molar-refractivity contribution in [2.75, 3.05) is 0 Å². The molecular weight excluding hydrogens is 389 g/mol. The third-order valence-electron chi connectivity index (χ3n) is 5.51. The molecule has 0 unspecified atom stereocenters. The Hall–Kier alpha value is -4.32. The number of aromatic amines is 2. The van der Waals surface area contributed by atoms with Crippen molar-refractivity contribution in [3.8, 4) is 33.6 Å². The Kier molecular flexibility index (Phi) is 3.89. The molecule has 3 heterocycles. The van der Waals surface area contributed by atoms with E-state index in [1.165, 1.54) is 12.4 Å². The molecule has 0 bridgehead atoms. The summed E-state index contributed by atoms with van der Waals surface area (Å²) in [4.78, 5) is 11.7. The number of benzene rings is 3. The zero-order valence-electron chi connectivity index (χ0n) is 16.3. The van der Waals surface area contributed by atoms with Crippen LogP contribution in [-0.2, 0) is 0 Å². The molecule has 6 aromatic rings. The smallest absolute Gasteiger partial charge is 0.123 e. The van der Waals surface area contributed by atoms with Gasteiger partial charge in [0.2, 0.25) is 0 Å². The van der Waals surface area contributed by atoms with Gasteiger partial charge in [0.15, 0.2) is 0 Å². The average molecular weight is 405 g/mol. The predicted octanol–water partition coefficient (Wildman–Crippen LogP) is 5.97. The molecule has 0 aliphatic rings. The molecule has 3 aromatic carbocycles. The molecule has 31 heavy (non-hydrogen) atoms. The lowest BCUT2D eigenvalue weighted by Gasteiger charge is -2.03. The number of fused-ring (bicyclic) bond motifs is 2. The molecule has 2 N–H and O–H groups in total. The Morgan fingerprint density at radius 1 is 0.710 bits per heavy atom. The molecule has 0 radical (unpaired) electrons. The molecule has 148 valence electrons. The SMILES string of the molecule is Fc1cccc(-c2cccc3[nH]c(-c4n[nH]c5ccc(-c6cncnc6)cc45)cc23)c1. The van der Waals surface area contributed by atoms with Crippen LogP contribution in [0.1, 0.15) is 0 Å². The summed E-state index contributed by atoms with van der Waals surface area (Å²) in [6.45, 7) is 0. The first-order valence-electron chi connectivity index (χ1n) is 9.88. The number of H-pyrrole nitrogens is 2. The van der Waals surface area contributed by atoms with E-state index in [2.05, 4.69) is 37.3 Å². The first-order valence-corrected chi connectivity index (χ1v) is 9.88. The van der Waals surface area contributed by atoms with Crippen LogP contribution in [0.25, 0.3) is 55.4 Å². The maximum absolute atomic E-state index is 13.8. The minimum Gasteiger partial charge on any atom is -0.353 e. The molecule has 0 fully saturated rings. The monoisotopic (exact) mass is 405 g/mol. The highest BCUT2D eigenvalue weighted by atomic mass is 19.1. The third-order valence-corrected chi connectivity index (χ3v) is 5.51. The Labute approximate surface area is 176 Å². The van der Waals surface area contributed by atoms with Crippen molar-refractivity contribution < 1.29 is 4.39 Å². The number of rotatable bonds is 3. The summed E-state index contributed by atoms with van der Waals surface area (Å²) in [5, 5.41) is 9.70. The summed E-state index contributed by atoms with van der Waals surface area (Å²) in [6.07, 6.45) is 5.11. The van der Waals surface area contributed by atoms with E-state index in [9.17, 15) is 4.39 Å². The fourth-order valence-electron chi connectivity index (χ4n) is 4.04. The second-order valence-corrected chi connectivity index (χ2v) is 7.42. The second kappa shape index (κ2) is 6.88. The minimum atomic E-state index is -0.249. The Morgan fingerprint density at radius 3 is 2.45 bits per heavy atom. The highest BCUT2D eigenvalue weighted by Crippen LogP contribution is 2.35. The van der Waals surface area contributed by atoms with Crippen molar-refractivity contribution >= 4 is 21.8 Å². The molecule has 0 spiro atoms. The van der Waals surface area contributed by atoms with E-state index in [0.717, 1.165) is 55.4 Å². The molecule has 3 aromatic heterocycles. The van der Waals surface area contributed by atoms with Crippen LogP contribution < -0.4 is 0 Å². The van der Waals surface area contributed by atoms with Crippen molar-refractivity contribution in [1.29, 1.82) is 0 Å². The van der Waals surface area contributed by atoms with E-state index in [0.29, 0.717) is 0 Å². The fourth-order valence-corrected chi connectivity index (χ4v) is 4.04. The van der Waals surface area contributed by atoms with Crippen LogP contribution in [-0.4, -0.2) is 25.1 Å². The predicted molar refractivity (Wildman–Crippen MR) is 120 cm³/mol. The van der Waals surface area contributed by atoms with E-state index >= 15 is 0 Å². The maximum atomic E-state index is 13.8. The van der Waals surface area contributed by atoms with Crippen molar-refractivity contribution in [2.45, 2.75) is 0 Å². The molecule has 0 saturated heterocycles. The molecular formula is C25H16FN5. The molecule has 0 amide bonds. The van der Waals surface area contributed by atoms with Gasteiger partial charge in [0.05, 0.1) is 11.2 Å².